The van der Waals surface area contributed by atoms with Crippen LogP contribution in [0.5, 0.6) is 0 Å². The number of carbonyl (C=O) groups is 1. The molecule has 27 heavy (non-hydrogen) atoms. The molecule has 1 amide bonds. The minimum atomic E-state index is -0.325. The molecule has 0 N–H and O–H groups in total. The highest BCUT2D eigenvalue weighted by Gasteiger charge is 2.31. The van der Waals surface area contributed by atoms with Crippen LogP contribution in [-0.2, 0) is 4.79 Å². The monoisotopic (exact) mass is 438 g/mol. The smallest absolute Gasteiger partial charge is 0.291 e. The molecular formula is C19H11BrN4O2S. The Morgan fingerprint density at radius 1 is 1.00 bits per heavy atom. The Hall–Kier alpha value is -2.84. The van der Waals surface area contributed by atoms with Gasteiger partial charge in [-0.2, -0.15) is 9.50 Å². The fraction of sp³-hybridized carbons (Fsp3) is 0.0526. The molecule has 0 fully saturated rings. The van der Waals surface area contributed by atoms with Crippen molar-refractivity contribution in [2.24, 2.45) is 0 Å². The zero-order valence-electron chi connectivity index (χ0n) is 14.0. The number of amides is 1. The second-order valence-corrected chi connectivity index (χ2v) is 7.93. The number of fused-ring (bicyclic) bond motifs is 2. The topological polar surface area (TPSA) is 67.6 Å². The number of thiazole rings is 1. The van der Waals surface area contributed by atoms with Gasteiger partial charge in [0.05, 0.1) is 11.3 Å². The van der Waals surface area contributed by atoms with Crippen molar-refractivity contribution in [1.29, 1.82) is 0 Å². The Kier molecular flexibility index (Phi) is 3.53. The number of hydrogen-bond acceptors (Lipinski definition) is 5. The lowest BCUT2D eigenvalue weighted by Crippen LogP contribution is -2.30. The number of hydrogen-bond donors (Lipinski definition) is 0. The molecule has 0 spiro atoms. The van der Waals surface area contributed by atoms with Gasteiger partial charge in [0.1, 0.15) is 4.53 Å². The van der Waals surface area contributed by atoms with E-state index in [1.807, 2.05) is 48.5 Å². The van der Waals surface area contributed by atoms with Crippen molar-refractivity contribution in [3.63, 3.8) is 0 Å². The lowest BCUT2D eigenvalue weighted by molar-refractivity contribution is -0.112. The standard InChI is InChI=1S/C19H11BrN4O2S/c1-23-13-9-5-3-7-11(13)14(17(23)25)15-18(26)24-19(27-15)21-16(22-24)10-6-2-4-8-12(10)20/h2-9H,1H3. The molecule has 0 saturated heterocycles. The number of likely N-dealkylation sites (N-methyl/N-ethyl adjacent to an activating group) is 1. The van der Waals surface area contributed by atoms with Gasteiger partial charge in [0, 0.05) is 22.6 Å². The summed E-state index contributed by atoms with van der Waals surface area (Å²) in [5, 5.41) is 4.37. The van der Waals surface area contributed by atoms with Crippen LogP contribution in [0.2, 0.25) is 0 Å². The molecule has 1 aliphatic heterocycles. The molecule has 132 valence electrons. The van der Waals surface area contributed by atoms with Gasteiger partial charge in [-0.1, -0.05) is 57.6 Å². The first kappa shape index (κ1) is 16.3. The fourth-order valence-electron chi connectivity index (χ4n) is 3.23. The maximum atomic E-state index is 13.0. The predicted molar refractivity (Wildman–Crippen MR) is 108 cm³/mol. The van der Waals surface area contributed by atoms with Crippen LogP contribution < -0.4 is 15.0 Å². The molecule has 4 aromatic rings. The van der Waals surface area contributed by atoms with Gasteiger partial charge >= 0.3 is 0 Å². The van der Waals surface area contributed by atoms with Crippen LogP contribution in [0.4, 0.5) is 5.69 Å². The maximum absolute atomic E-state index is 13.0. The Morgan fingerprint density at radius 2 is 1.70 bits per heavy atom. The molecule has 0 saturated carbocycles. The van der Waals surface area contributed by atoms with Gasteiger partial charge < -0.3 is 4.90 Å². The van der Waals surface area contributed by atoms with Gasteiger partial charge in [0.15, 0.2) is 5.82 Å². The third-order valence-corrected chi connectivity index (χ3v) is 6.27. The van der Waals surface area contributed by atoms with E-state index >= 15 is 0 Å². The van der Waals surface area contributed by atoms with Crippen molar-refractivity contribution in [2.45, 2.75) is 0 Å². The summed E-state index contributed by atoms with van der Waals surface area (Å²) < 4.78 is 2.49. The van der Waals surface area contributed by atoms with E-state index < -0.39 is 0 Å². The normalized spacial score (nSPS) is 15.6. The number of aromatic nitrogens is 3. The first-order valence-corrected chi connectivity index (χ1v) is 9.73. The van der Waals surface area contributed by atoms with Gasteiger partial charge in [-0.05, 0) is 18.2 Å². The molecule has 1 aliphatic rings. The lowest BCUT2D eigenvalue weighted by atomic mass is 10.1. The molecule has 5 rings (SSSR count). The summed E-state index contributed by atoms with van der Waals surface area (Å²) in [5.74, 6) is 0.279. The SMILES string of the molecule is CN1C(=O)C(=c2sc3nc(-c4ccccc4Br)nn3c2=O)c2ccccc21. The number of nitrogens with zero attached hydrogens (tertiary/aromatic N) is 4. The molecule has 0 bridgehead atoms. The predicted octanol–water partition coefficient (Wildman–Crippen LogP) is 2.47. The Bertz CT molecular complexity index is 1360. The largest absolute Gasteiger partial charge is 0.311 e. The number of anilines is 1. The number of halogens is 1. The van der Waals surface area contributed by atoms with Crippen LogP contribution in [0.3, 0.4) is 0 Å². The van der Waals surface area contributed by atoms with Crippen molar-refractivity contribution in [2.75, 3.05) is 11.9 Å². The zero-order chi connectivity index (χ0) is 18.7. The highest BCUT2D eigenvalue weighted by Crippen LogP contribution is 2.34. The number of benzene rings is 2. The van der Waals surface area contributed by atoms with Crippen LogP contribution in [0.25, 0.3) is 21.9 Å². The molecule has 6 nitrogen and oxygen atoms in total. The van der Waals surface area contributed by atoms with E-state index in [-0.39, 0.29) is 11.5 Å². The van der Waals surface area contributed by atoms with E-state index in [9.17, 15) is 9.59 Å². The summed E-state index contributed by atoms with van der Waals surface area (Å²) in [4.78, 5) is 32.2. The zero-order valence-corrected chi connectivity index (χ0v) is 16.4. The molecule has 0 atom stereocenters. The number of carbonyl (C=O) groups excluding carboxylic acids is 1. The minimum absolute atomic E-state index is 0.191. The van der Waals surface area contributed by atoms with Gasteiger partial charge in [-0.15, -0.1) is 5.10 Å². The third-order valence-electron chi connectivity index (χ3n) is 4.55. The van der Waals surface area contributed by atoms with Crippen LogP contribution >= 0.6 is 27.3 Å². The van der Waals surface area contributed by atoms with Crippen molar-refractivity contribution in [3.05, 3.63) is 73.5 Å². The Balaban J connectivity index is 1.78. The molecule has 2 aromatic carbocycles. The Labute approximate surface area is 165 Å². The van der Waals surface area contributed by atoms with Crippen LogP contribution in [-0.4, -0.2) is 27.6 Å². The Morgan fingerprint density at radius 3 is 2.44 bits per heavy atom. The lowest BCUT2D eigenvalue weighted by Gasteiger charge is -2.07. The summed E-state index contributed by atoms with van der Waals surface area (Å²) in [6, 6.07) is 15.0. The van der Waals surface area contributed by atoms with E-state index in [4.69, 9.17) is 0 Å². The molecular weight excluding hydrogens is 428 g/mol. The van der Waals surface area contributed by atoms with E-state index in [0.29, 0.717) is 20.9 Å². The van der Waals surface area contributed by atoms with Crippen molar-refractivity contribution in [1.82, 2.24) is 14.6 Å². The van der Waals surface area contributed by atoms with E-state index in [1.54, 1.807) is 11.9 Å². The molecule has 8 heteroatoms. The minimum Gasteiger partial charge on any atom is -0.311 e. The third kappa shape index (κ3) is 2.30. The van der Waals surface area contributed by atoms with Crippen molar-refractivity contribution < 1.29 is 4.79 Å². The highest BCUT2D eigenvalue weighted by atomic mass is 79.9. The summed E-state index contributed by atoms with van der Waals surface area (Å²) >= 11 is 4.67. The number of para-hydroxylation sites is 1. The summed E-state index contributed by atoms with van der Waals surface area (Å²) in [6.07, 6.45) is 0. The quantitative estimate of drug-likeness (QED) is 0.457. The van der Waals surface area contributed by atoms with Gasteiger partial charge in [0.25, 0.3) is 11.5 Å². The molecule has 0 aliphatic carbocycles. The van der Waals surface area contributed by atoms with Crippen molar-refractivity contribution >= 4 is 49.4 Å². The molecule has 3 heterocycles. The maximum Gasteiger partial charge on any atom is 0.291 e. The van der Waals surface area contributed by atoms with Crippen LogP contribution in [0, 0.1) is 0 Å². The second-order valence-electron chi connectivity index (χ2n) is 6.10. The highest BCUT2D eigenvalue weighted by molar-refractivity contribution is 9.10. The van der Waals surface area contributed by atoms with Gasteiger partial charge in [0.2, 0.25) is 4.96 Å². The van der Waals surface area contributed by atoms with Gasteiger partial charge in [-0.3, -0.25) is 9.59 Å². The van der Waals surface area contributed by atoms with E-state index in [1.165, 1.54) is 15.9 Å². The van der Waals surface area contributed by atoms with E-state index in [0.717, 1.165) is 21.3 Å². The molecule has 0 radical (unpaired) electrons. The summed E-state index contributed by atoms with van der Waals surface area (Å²) in [7, 11) is 1.71. The first-order valence-electron chi connectivity index (χ1n) is 8.12. The molecule has 2 aromatic heterocycles. The van der Waals surface area contributed by atoms with E-state index in [2.05, 4.69) is 26.0 Å². The second kappa shape index (κ2) is 5.83. The van der Waals surface area contributed by atoms with Crippen LogP contribution in [0.15, 0.2) is 57.8 Å². The van der Waals surface area contributed by atoms with Crippen LogP contribution in [0.1, 0.15) is 5.56 Å². The summed E-state index contributed by atoms with van der Waals surface area (Å²) in [6.45, 7) is 0. The fourth-order valence-corrected chi connectivity index (χ4v) is 4.69. The van der Waals surface area contributed by atoms with Gasteiger partial charge in [-0.25, -0.2) is 0 Å². The van der Waals surface area contributed by atoms with Crippen molar-refractivity contribution in [3.8, 4) is 11.4 Å². The molecule has 0 unspecified atom stereocenters. The summed E-state index contributed by atoms with van der Waals surface area (Å²) in [5.41, 5.74) is 2.46. The average Bonchev–Trinajstić information content (AvgIpc) is 3.29. The average molecular weight is 439 g/mol. The number of rotatable bonds is 1. The first-order chi connectivity index (χ1) is 13.1.